The van der Waals surface area contributed by atoms with Crippen LogP contribution in [0.1, 0.15) is 26.7 Å². The lowest BCUT2D eigenvalue weighted by atomic mass is 10.1. The molecule has 2 fully saturated rings. The Labute approximate surface area is 74.9 Å². The predicted octanol–water partition coefficient (Wildman–Crippen LogP) is 1.51. The average molecular weight is 169 g/mol. The van der Waals surface area contributed by atoms with Gasteiger partial charge >= 0.3 is 0 Å². The Hall–Kier alpha value is -0.0800. The lowest BCUT2D eigenvalue weighted by Gasteiger charge is -2.24. The molecule has 0 radical (unpaired) electrons. The van der Waals surface area contributed by atoms with E-state index in [0.717, 1.165) is 18.6 Å². The molecule has 0 aliphatic carbocycles. The monoisotopic (exact) mass is 169 g/mol. The Kier molecular flexibility index (Phi) is 2.37. The van der Waals surface area contributed by atoms with Gasteiger partial charge in [-0.25, -0.2) is 0 Å². The summed E-state index contributed by atoms with van der Waals surface area (Å²) in [6, 6.07) is 0.757. The highest BCUT2D eigenvalue weighted by Crippen LogP contribution is 2.28. The highest BCUT2D eigenvalue weighted by atomic mass is 16.6. The Balaban J connectivity index is 1.85. The lowest BCUT2D eigenvalue weighted by Crippen LogP contribution is -2.36. The lowest BCUT2D eigenvalue weighted by molar-refractivity contribution is 0.190. The van der Waals surface area contributed by atoms with Crippen LogP contribution in [0, 0.1) is 5.92 Å². The number of hydrogen-bond acceptors (Lipinski definition) is 2. The Morgan fingerprint density at radius 1 is 1.50 bits per heavy atom. The number of likely N-dealkylation sites (tertiary alicyclic amines) is 1. The van der Waals surface area contributed by atoms with Crippen LogP contribution in [0.2, 0.25) is 0 Å². The minimum absolute atomic E-state index is 0.589. The first-order valence-corrected chi connectivity index (χ1v) is 5.13. The van der Waals surface area contributed by atoms with Crippen LogP contribution in [0.5, 0.6) is 0 Å². The molecule has 2 atom stereocenters. The quantitative estimate of drug-likeness (QED) is 0.595. The summed E-state index contributed by atoms with van der Waals surface area (Å²) < 4.78 is 5.36. The van der Waals surface area contributed by atoms with Gasteiger partial charge in [0.15, 0.2) is 0 Å². The van der Waals surface area contributed by atoms with Gasteiger partial charge in [0.25, 0.3) is 0 Å². The van der Waals surface area contributed by atoms with Gasteiger partial charge in [0.2, 0.25) is 0 Å². The molecule has 2 aliphatic rings. The third-order valence-electron chi connectivity index (χ3n) is 2.80. The van der Waals surface area contributed by atoms with E-state index in [4.69, 9.17) is 4.74 Å². The maximum atomic E-state index is 5.36. The molecule has 0 saturated carbocycles. The fraction of sp³-hybridized carbons (Fsp3) is 1.00. The van der Waals surface area contributed by atoms with Gasteiger partial charge < -0.3 is 4.74 Å². The first-order valence-electron chi connectivity index (χ1n) is 5.13. The second kappa shape index (κ2) is 3.35. The molecule has 0 aromatic carbocycles. The van der Waals surface area contributed by atoms with E-state index in [0.29, 0.717) is 6.10 Å². The molecule has 12 heavy (non-hydrogen) atoms. The number of ether oxygens (including phenoxy) is 1. The molecule has 0 N–H and O–H groups in total. The molecule has 2 nitrogen and oxygen atoms in total. The van der Waals surface area contributed by atoms with E-state index in [-0.39, 0.29) is 0 Å². The number of rotatable bonds is 3. The molecule has 2 heteroatoms. The van der Waals surface area contributed by atoms with Crippen LogP contribution in [0.4, 0.5) is 0 Å². The van der Waals surface area contributed by atoms with E-state index in [2.05, 4.69) is 18.7 Å². The minimum Gasteiger partial charge on any atom is -0.371 e. The molecule has 2 saturated heterocycles. The van der Waals surface area contributed by atoms with Crippen molar-refractivity contribution < 1.29 is 4.74 Å². The topological polar surface area (TPSA) is 15.8 Å². The van der Waals surface area contributed by atoms with Crippen LogP contribution in [0.15, 0.2) is 0 Å². The molecule has 0 bridgehead atoms. The second-order valence-corrected chi connectivity index (χ2v) is 4.47. The minimum atomic E-state index is 0.589. The van der Waals surface area contributed by atoms with E-state index in [1.165, 1.54) is 25.9 Å². The van der Waals surface area contributed by atoms with Crippen molar-refractivity contribution in [2.24, 2.45) is 5.92 Å². The summed E-state index contributed by atoms with van der Waals surface area (Å²) in [5, 5.41) is 0. The standard InChI is InChI=1S/C10H19NO/c1-8(2)6-11-5-3-4-9(11)10-7-12-10/h8-10H,3-7H2,1-2H3/t9-,10+/m0/s1. The molecule has 0 aromatic rings. The summed E-state index contributed by atoms with van der Waals surface area (Å²) in [4.78, 5) is 2.61. The van der Waals surface area contributed by atoms with E-state index in [1.807, 2.05) is 0 Å². The van der Waals surface area contributed by atoms with Crippen LogP contribution in [0.25, 0.3) is 0 Å². The van der Waals surface area contributed by atoms with E-state index in [9.17, 15) is 0 Å². The van der Waals surface area contributed by atoms with Crippen LogP contribution < -0.4 is 0 Å². The molecule has 70 valence electrons. The Bertz CT molecular complexity index is 154. The Morgan fingerprint density at radius 3 is 2.83 bits per heavy atom. The highest BCUT2D eigenvalue weighted by Gasteiger charge is 2.39. The number of nitrogens with zero attached hydrogens (tertiary/aromatic N) is 1. The van der Waals surface area contributed by atoms with Crippen LogP contribution >= 0.6 is 0 Å². The Morgan fingerprint density at radius 2 is 2.25 bits per heavy atom. The zero-order valence-electron chi connectivity index (χ0n) is 8.12. The van der Waals surface area contributed by atoms with Crippen molar-refractivity contribution >= 4 is 0 Å². The molecule has 2 rings (SSSR count). The van der Waals surface area contributed by atoms with E-state index < -0.39 is 0 Å². The molecule has 0 aromatic heterocycles. The second-order valence-electron chi connectivity index (χ2n) is 4.47. The molecule has 0 unspecified atom stereocenters. The van der Waals surface area contributed by atoms with E-state index in [1.54, 1.807) is 0 Å². The summed E-state index contributed by atoms with van der Waals surface area (Å²) in [6.45, 7) is 8.15. The van der Waals surface area contributed by atoms with Crippen molar-refractivity contribution in [1.29, 1.82) is 0 Å². The fourth-order valence-electron chi connectivity index (χ4n) is 2.25. The molecular weight excluding hydrogens is 150 g/mol. The summed E-state index contributed by atoms with van der Waals surface area (Å²) in [6.07, 6.45) is 3.32. The maximum absolute atomic E-state index is 5.36. The van der Waals surface area contributed by atoms with Crippen LogP contribution in [-0.2, 0) is 4.74 Å². The first kappa shape index (κ1) is 8.52. The molecule has 0 amide bonds. The van der Waals surface area contributed by atoms with Crippen LogP contribution in [0.3, 0.4) is 0 Å². The van der Waals surface area contributed by atoms with Gasteiger partial charge in [-0.05, 0) is 25.3 Å². The van der Waals surface area contributed by atoms with Crippen molar-refractivity contribution in [2.75, 3.05) is 19.7 Å². The van der Waals surface area contributed by atoms with Gasteiger partial charge in [0, 0.05) is 12.6 Å². The average Bonchev–Trinajstić information content (AvgIpc) is 2.73. The smallest absolute Gasteiger partial charge is 0.0964 e. The molecule has 0 spiro atoms. The van der Waals surface area contributed by atoms with Gasteiger partial charge in [-0.15, -0.1) is 0 Å². The van der Waals surface area contributed by atoms with Crippen molar-refractivity contribution in [1.82, 2.24) is 4.90 Å². The summed E-state index contributed by atoms with van der Waals surface area (Å²) in [5.74, 6) is 0.796. The fourth-order valence-corrected chi connectivity index (χ4v) is 2.25. The SMILES string of the molecule is CC(C)CN1CCC[C@H]1[C@H]1CO1. The van der Waals surface area contributed by atoms with Gasteiger partial charge in [0.05, 0.1) is 12.7 Å². The first-order chi connectivity index (χ1) is 5.77. The summed E-state index contributed by atoms with van der Waals surface area (Å²) >= 11 is 0. The largest absolute Gasteiger partial charge is 0.371 e. The van der Waals surface area contributed by atoms with Gasteiger partial charge in [-0.2, -0.15) is 0 Å². The zero-order valence-corrected chi connectivity index (χ0v) is 8.12. The third-order valence-corrected chi connectivity index (χ3v) is 2.80. The third kappa shape index (κ3) is 1.80. The predicted molar refractivity (Wildman–Crippen MR) is 49.2 cm³/mol. The maximum Gasteiger partial charge on any atom is 0.0964 e. The van der Waals surface area contributed by atoms with Crippen molar-refractivity contribution in [3.8, 4) is 0 Å². The normalized spacial score (nSPS) is 36.2. The zero-order chi connectivity index (χ0) is 8.55. The number of epoxide rings is 1. The van der Waals surface area contributed by atoms with Gasteiger partial charge in [-0.1, -0.05) is 13.8 Å². The van der Waals surface area contributed by atoms with Gasteiger partial charge in [-0.3, -0.25) is 4.90 Å². The summed E-state index contributed by atoms with van der Waals surface area (Å²) in [7, 11) is 0. The molecular formula is C10H19NO. The van der Waals surface area contributed by atoms with Crippen molar-refractivity contribution in [3.05, 3.63) is 0 Å². The van der Waals surface area contributed by atoms with Gasteiger partial charge in [0.1, 0.15) is 0 Å². The highest BCUT2D eigenvalue weighted by molar-refractivity contribution is 4.91. The van der Waals surface area contributed by atoms with Crippen LogP contribution in [-0.4, -0.2) is 36.7 Å². The number of hydrogen-bond donors (Lipinski definition) is 0. The van der Waals surface area contributed by atoms with Crippen molar-refractivity contribution in [2.45, 2.75) is 38.8 Å². The summed E-state index contributed by atoms with van der Waals surface area (Å²) in [5.41, 5.74) is 0. The molecule has 2 heterocycles. The van der Waals surface area contributed by atoms with E-state index >= 15 is 0 Å². The van der Waals surface area contributed by atoms with Crippen molar-refractivity contribution in [3.63, 3.8) is 0 Å². The molecule has 2 aliphatic heterocycles.